The molecule has 1 atom stereocenters. The Bertz CT molecular complexity index is 385. The second kappa shape index (κ2) is 5.65. The summed E-state index contributed by atoms with van der Waals surface area (Å²) in [5.74, 6) is -3.05. The first kappa shape index (κ1) is 12.7. The van der Waals surface area contributed by atoms with Gasteiger partial charge in [-0.2, -0.15) is 0 Å². The summed E-state index contributed by atoms with van der Waals surface area (Å²) in [4.78, 5) is 22.1. The van der Waals surface area contributed by atoms with Gasteiger partial charge in [-0.05, 0) is 24.1 Å². The van der Waals surface area contributed by atoms with E-state index in [2.05, 4.69) is 20.7 Å². The summed E-state index contributed by atoms with van der Waals surface area (Å²) < 4.78 is 5.34. The van der Waals surface area contributed by atoms with E-state index in [0.29, 0.717) is 0 Å². The molecule has 4 nitrogen and oxygen atoms in total. The average Bonchev–Trinajstić information content (AvgIpc) is 2.27. The Morgan fingerprint density at radius 2 is 1.94 bits per heavy atom. The number of carboxylic acids is 1. The van der Waals surface area contributed by atoms with Gasteiger partial charge in [0, 0.05) is 4.47 Å². The van der Waals surface area contributed by atoms with Crippen molar-refractivity contribution >= 4 is 27.9 Å². The zero-order chi connectivity index (χ0) is 12.1. The summed E-state index contributed by atoms with van der Waals surface area (Å²) in [6.07, 6.45) is 0.134. The van der Waals surface area contributed by atoms with Crippen molar-refractivity contribution in [1.82, 2.24) is 0 Å². The third kappa shape index (κ3) is 3.34. The molecule has 0 bridgehead atoms. The van der Waals surface area contributed by atoms with Gasteiger partial charge in [0.05, 0.1) is 7.11 Å². The molecule has 5 heteroatoms. The summed E-state index contributed by atoms with van der Waals surface area (Å²) in [5.41, 5.74) is 0.779. The fraction of sp³-hybridized carbons (Fsp3) is 0.273. The fourth-order valence-corrected chi connectivity index (χ4v) is 1.53. The second-order valence-electron chi connectivity index (χ2n) is 3.24. The molecule has 16 heavy (non-hydrogen) atoms. The minimum absolute atomic E-state index is 0.134. The highest BCUT2D eigenvalue weighted by Crippen LogP contribution is 2.15. The van der Waals surface area contributed by atoms with Gasteiger partial charge < -0.3 is 9.84 Å². The van der Waals surface area contributed by atoms with Crippen LogP contribution in [0.1, 0.15) is 5.56 Å². The zero-order valence-corrected chi connectivity index (χ0v) is 10.2. The zero-order valence-electron chi connectivity index (χ0n) is 8.64. The molecular weight excluding hydrogens is 276 g/mol. The van der Waals surface area contributed by atoms with Crippen LogP contribution in [0, 0.1) is 5.92 Å². The molecule has 1 aromatic rings. The maximum atomic E-state index is 11.2. The molecule has 0 aliphatic rings. The van der Waals surface area contributed by atoms with Crippen LogP contribution < -0.4 is 0 Å². The van der Waals surface area contributed by atoms with Crippen molar-refractivity contribution in [3.63, 3.8) is 0 Å². The van der Waals surface area contributed by atoms with E-state index in [1.165, 1.54) is 7.11 Å². The monoisotopic (exact) mass is 286 g/mol. The Kier molecular flexibility index (Phi) is 4.49. The standard InChI is InChI=1S/C11H11BrO4/c1-16-11(15)9(10(13)14)6-7-2-4-8(12)5-3-7/h2-5,9H,6H2,1H3,(H,13,14). The van der Waals surface area contributed by atoms with E-state index in [1.807, 2.05) is 0 Å². The second-order valence-corrected chi connectivity index (χ2v) is 4.16. The third-order valence-corrected chi connectivity index (χ3v) is 2.67. The average molecular weight is 287 g/mol. The summed E-state index contributed by atoms with van der Waals surface area (Å²) in [6.45, 7) is 0. The van der Waals surface area contributed by atoms with E-state index in [-0.39, 0.29) is 6.42 Å². The number of aliphatic carboxylic acids is 1. The molecular formula is C11H11BrO4. The van der Waals surface area contributed by atoms with Crippen LogP contribution in [-0.4, -0.2) is 24.2 Å². The topological polar surface area (TPSA) is 63.6 Å². The summed E-state index contributed by atoms with van der Waals surface area (Å²) in [7, 11) is 1.18. The summed E-state index contributed by atoms with van der Waals surface area (Å²) in [5, 5.41) is 8.88. The van der Waals surface area contributed by atoms with Gasteiger partial charge in [0.25, 0.3) is 0 Å². The Hall–Kier alpha value is -1.36. The van der Waals surface area contributed by atoms with Crippen LogP contribution >= 0.6 is 15.9 Å². The molecule has 0 saturated heterocycles. The highest BCUT2D eigenvalue weighted by atomic mass is 79.9. The molecule has 1 rings (SSSR count). The van der Waals surface area contributed by atoms with E-state index in [1.54, 1.807) is 24.3 Å². The Labute approximate surface area is 101 Å². The van der Waals surface area contributed by atoms with Gasteiger partial charge in [-0.3, -0.25) is 9.59 Å². The highest BCUT2D eigenvalue weighted by Gasteiger charge is 2.27. The number of ether oxygens (including phenoxy) is 1. The van der Waals surface area contributed by atoms with E-state index in [0.717, 1.165) is 10.0 Å². The molecule has 0 fully saturated rings. The van der Waals surface area contributed by atoms with E-state index >= 15 is 0 Å². The number of hydrogen-bond donors (Lipinski definition) is 1. The molecule has 0 spiro atoms. The number of carboxylic acid groups (broad SMARTS) is 1. The minimum Gasteiger partial charge on any atom is -0.481 e. The smallest absolute Gasteiger partial charge is 0.320 e. The van der Waals surface area contributed by atoms with E-state index < -0.39 is 17.9 Å². The molecule has 1 unspecified atom stereocenters. The van der Waals surface area contributed by atoms with Crippen LogP contribution in [0.2, 0.25) is 0 Å². The van der Waals surface area contributed by atoms with Crippen molar-refractivity contribution in [3.8, 4) is 0 Å². The van der Waals surface area contributed by atoms with Gasteiger partial charge in [-0.25, -0.2) is 0 Å². The lowest BCUT2D eigenvalue weighted by Crippen LogP contribution is -2.27. The van der Waals surface area contributed by atoms with Crippen LogP contribution in [0.3, 0.4) is 0 Å². The van der Waals surface area contributed by atoms with Crippen LogP contribution in [0.5, 0.6) is 0 Å². The van der Waals surface area contributed by atoms with Gasteiger partial charge in [-0.15, -0.1) is 0 Å². The maximum absolute atomic E-state index is 11.2. The quantitative estimate of drug-likeness (QED) is 0.678. The van der Waals surface area contributed by atoms with Crippen LogP contribution in [0.4, 0.5) is 0 Å². The predicted molar refractivity (Wildman–Crippen MR) is 61.0 cm³/mol. The normalized spacial score (nSPS) is 11.9. The van der Waals surface area contributed by atoms with E-state index in [9.17, 15) is 9.59 Å². The lowest BCUT2D eigenvalue weighted by molar-refractivity contribution is -0.156. The van der Waals surface area contributed by atoms with Crippen molar-refractivity contribution in [2.45, 2.75) is 6.42 Å². The van der Waals surface area contributed by atoms with Gasteiger partial charge in [0.2, 0.25) is 0 Å². The number of hydrogen-bond acceptors (Lipinski definition) is 3. The molecule has 1 N–H and O–H groups in total. The Morgan fingerprint density at radius 3 is 2.38 bits per heavy atom. The molecule has 0 amide bonds. The van der Waals surface area contributed by atoms with Crippen molar-refractivity contribution < 1.29 is 19.4 Å². The number of rotatable bonds is 4. The molecule has 0 aromatic heterocycles. The first-order valence-corrected chi connectivity index (χ1v) is 5.39. The number of methoxy groups -OCH3 is 1. The van der Waals surface area contributed by atoms with Crippen molar-refractivity contribution in [2.24, 2.45) is 5.92 Å². The van der Waals surface area contributed by atoms with Gasteiger partial charge in [-0.1, -0.05) is 28.1 Å². The van der Waals surface area contributed by atoms with E-state index in [4.69, 9.17) is 5.11 Å². The van der Waals surface area contributed by atoms with Crippen molar-refractivity contribution in [1.29, 1.82) is 0 Å². The number of esters is 1. The largest absolute Gasteiger partial charge is 0.481 e. The van der Waals surface area contributed by atoms with Crippen LogP contribution in [0.15, 0.2) is 28.7 Å². The molecule has 0 aliphatic carbocycles. The molecule has 0 aliphatic heterocycles. The molecule has 86 valence electrons. The minimum atomic E-state index is -1.17. The molecule has 0 heterocycles. The number of halogens is 1. The maximum Gasteiger partial charge on any atom is 0.320 e. The summed E-state index contributed by atoms with van der Waals surface area (Å²) in [6, 6.07) is 7.13. The fourth-order valence-electron chi connectivity index (χ4n) is 1.27. The SMILES string of the molecule is COC(=O)C(Cc1ccc(Br)cc1)C(=O)O. The first-order chi connectivity index (χ1) is 7.54. The lowest BCUT2D eigenvalue weighted by Gasteiger charge is -2.09. The van der Waals surface area contributed by atoms with Crippen molar-refractivity contribution in [3.05, 3.63) is 34.3 Å². The number of benzene rings is 1. The number of carbonyl (C=O) groups excluding carboxylic acids is 1. The summed E-state index contributed by atoms with van der Waals surface area (Å²) >= 11 is 3.28. The third-order valence-electron chi connectivity index (χ3n) is 2.14. The van der Waals surface area contributed by atoms with Gasteiger partial charge >= 0.3 is 11.9 Å². The first-order valence-electron chi connectivity index (χ1n) is 4.59. The van der Waals surface area contributed by atoms with Gasteiger partial charge in [0.1, 0.15) is 0 Å². The van der Waals surface area contributed by atoms with Crippen molar-refractivity contribution in [2.75, 3.05) is 7.11 Å². The highest BCUT2D eigenvalue weighted by molar-refractivity contribution is 9.10. The Balaban J connectivity index is 2.80. The van der Waals surface area contributed by atoms with Crippen LogP contribution in [0.25, 0.3) is 0 Å². The predicted octanol–water partition coefficient (Wildman–Crippen LogP) is 1.87. The molecule has 0 radical (unpaired) electrons. The number of carbonyl (C=O) groups is 2. The van der Waals surface area contributed by atoms with Crippen LogP contribution in [-0.2, 0) is 20.7 Å². The molecule has 0 saturated carbocycles. The Morgan fingerprint density at radius 1 is 1.38 bits per heavy atom. The van der Waals surface area contributed by atoms with Gasteiger partial charge in [0.15, 0.2) is 5.92 Å². The molecule has 1 aromatic carbocycles. The lowest BCUT2D eigenvalue weighted by atomic mass is 10.00.